The predicted molar refractivity (Wildman–Crippen MR) is 76.1 cm³/mol. The zero-order valence-corrected chi connectivity index (χ0v) is 12.2. The van der Waals surface area contributed by atoms with Gasteiger partial charge in [0.2, 0.25) is 0 Å². The van der Waals surface area contributed by atoms with E-state index in [1.165, 1.54) is 23.7 Å². The van der Waals surface area contributed by atoms with Crippen LogP contribution in [0.4, 0.5) is 11.4 Å². The van der Waals surface area contributed by atoms with E-state index in [-0.39, 0.29) is 22.1 Å². The number of hydrogen-bond acceptors (Lipinski definition) is 5. The molecule has 1 aromatic heterocycles. The third-order valence-electron chi connectivity index (χ3n) is 3.20. The average Bonchev–Trinajstić information content (AvgIpc) is 2.67. The molecule has 2 rings (SSSR count). The van der Waals surface area contributed by atoms with Gasteiger partial charge in [0.05, 0.1) is 15.5 Å². The van der Waals surface area contributed by atoms with Gasteiger partial charge in [0.25, 0.3) is 5.69 Å². The summed E-state index contributed by atoms with van der Waals surface area (Å²) in [5.74, 6) is 0. The van der Waals surface area contributed by atoms with Gasteiger partial charge in [0, 0.05) is 11.6 Å². The first-order chi connectivity index (χ1) is 9.75. The maximum atomic E-state index is 11.0. The van der Waals surface area contributed by atoms with Crippen molar-refractivity contribution in [3.05, 3.63) is 54.3 Å². The third-order valence-corrected chi connectivity index (χ3v) is 3.68. The molecular weight excluding hydrogens is 300 g/mol. The second kappa shape index (κ2) is 5.13. The highest BCUT2D eigenvalue weighted by Gasteiger charge is 2.25. The van der Waals surface area contributed by atoms with E-state index in [0.717, 1.165) is 0 Å². The largest absolute Gasteiger partial charge is 0.313 e. The van der Waals surface area contributed by atoms with Crippen LogP contribution in [-0.4, -0.2) is 19.6 Å². The van der Waals surface area contributed by atoms with Crippen LogP contribution in [0, 0.1) is 41.0 Å². The third kappa shape index (κ3) is 2.33. The van der Waals surface area contributed by atoms with Gasteiger partial charge in [-0.25, -0.2) is 4.68 Å². The van der Waals surface area contributed by atoms with Crippen LogP contribution < -0.4 is 0 Å². The lowest BCUT2D eigenvalue weighted by atomic mass is 10.1. The Bertz CT molecular complexity index is 769. The molecule has 0 saturated carbocycles. The van der Waals surface area contributed by atoms with Gasteiger partial charge in [0.15, 0.2) is 0 Å². The van der Waals surface area contributed by atoms with Gasteiger partial charge in [-0.2, -0.15) is 5.10 Å². The maximum Gasteiger partial charge on any atom is 0.313 e. The van der Waals surface area contributed by atoms with Crippen molar-refractivity contribution in [3.8, 4) is 5.69 Å². The molecule has 2 aromatic rings. The Kier molecular flexibility index (Phi) is 3.65. The predicted octanol–water partition coefficient (Wildman–Crippen LogP) is 3.27. The lowest BCUT2D eigenvalue weighted by Crippen LogP contribution is -2.03. The molecule has 0 aliphatic carbocycles. The van der Waals surface area contributed by atoms with Crippen molar-refractivity contribution in [1.29, 1.82) is 0 Å². The number of halogens is 1. The Balaban J connectivity index is 2.69. The molecule has 0 amide bonds. The average molecular weight is 311 g/mol. The molecule has 0 saturated heterocycles. The van der Waals surface area contributed by atoms with Gasteiger partial charge >= 0.3 is 5.69 Å². The molecule has 0 atom stereocenters. The smallest absolute Gasteiger partial charge is 0.258 e. The molecule has 0 aliphatic heterocycles. The Hall–Kier alpha value is -2.48. The number of aromatic nitrogens is 2. The highest BCUT2D eigenvalue weighted by molar-refractivity contribution is 6.33. The van der Waals surface area contributed by atoms with E-state index in [1.54, 1.807) is 13.8 Å². The second-order valence-corrected chi connectivity index (χ2v) is 4.87. The standard InChI is InChI=1S/C12H11ClN4O4/c1-6-9(4-5-10(11(6)13)16(18)19)15-8(3)12(17(20)21)7(2)14-15/h4-5H,1-3H3. The number of aryl methyl sites for hydroxylation is 1. The molecule has 8 nitrogen and oxygen atoms in total. The summed E-state index contributed by atoms with van der Waals surface area (Å²) in [4.78, 5) is 20.8. The van der Waals surface area contributed by atoms with Gasteiger partial charge in [-0.05, 0) is 26.8 Å². The Morgan fingerprint density at radius 2 is 1.76 bits per heavy atom. The fourth-order valence-corrected chi connectivity index (χ4v) is 2.39. The van der Waals surface area contributed by atoms with Crippen molar-refractivity contribution in [1.82, 2.24) is 9.78 Å². The van der Waals surface area contributed by atoms with Crippen molar-refractivity contribution < 1.29 is 9.85 Å². The molecule has 0 unspecified atom stereocenters. The summed E-state index contributed by atoms with van der Waals surface area (Å²) >= 11 is 5.99. The van der Waals surface area contributed by atoms with Crippen LogP contribution in [-0.2, 0) is 0 Å². The van der Waals surface area contributed by atoms with Crippen molar-refractivity contribution in [3.63, 3.8) is 0 Å². The van der Waals surface area contributed by atoms with Gasteiger partial charge < -0.3 is 0 Å². The molecular formula is C12H11ClN4O4. The SMILES string of the molecule is Cc1nn(-c2ccc([N+](=O)[O-])c(Cl)c2C)c(C)c1[N+](=O)[O-]. The number of nitro benzene ring substituents is 1. The molecule has 1 aromatic carbocycles. The Morgan fingerprint density at radius 1 is 1.14 bits per heavy atom. The summed E-state index contributed by atoms with van der Waals surface area (Å²) in [5, 5.41) is 26.0. The van der Waals surface area contributed by atoms with Gasteiger partial charge in [-0.1, -0.05) is 11.6 Å². The van der Waals surface area contributed by atoms with Crippen molar-refractivity contribution >= 4 is 23.0 Å². The zero-order valence-electron chi connectivity index (χ0n) is 11.5. The summed E-state index contributed by atoms with van der Waals surface area (Å²) in [6, 6.07) is 2.73. The van der Waals surface area contributed by atoms with Crippen LogP contribution in [0.2, 0.25) is 5.02 Å². The van der Waals surface area contributed by atoms with E-state index in [4.69, 9.17) is 11.6 Å². The first kappa shape index (κ1) is 14.9. The summed E-state index contributed by atoms with van der Waals surface area (Å²) in [7, 11) is 0. The number of hydrogen-bond donors (Lipinski definition) is 0. The topological polar surface area (TPSA) is 104 Å². The van der Waals surface area contributed by atoms with E-state index in [0.29, 0.717) is 16.9 Å². The first-order valence-corrected chi connectivity index (χ1v) is 6.28. The van der Waals surface area contributed by atoms with Crippen molar-refractivity contribution in [2.24, 2.45) is 0 Å². The van der Waals surface area contributed by atoms with Crippen molar-refractivity contribution in [2.45, 2.75) is 20.8 Å². The van der Waals surface area contributed by atoms with Crippen LogP contribution >= 0.6 is 11.6 Å². The van der Waals surface area contributed by atoms with Gasteiger partial charge in [0.1, 0.15) is 16.4 Å². The molecule has 9 heteroatoms. The number of rotatable bonds is 3. The number of benzene rings is 1. The quantitative estimate of drug-likeness (QED) is 0.639. The Morgan fingerprint density at radius 3 is 2.24 bits per heavy atom. The van der Waals surface area contributed by atoms with Gasteiger partial charge in [-0.15, -0.1) is 0 Å². The minimum absolute atomic E-state index is 0.00675. The molecule has 1 heterocycles. The van der Waals surface area contributed by atoms with Crippen LogP contribution in [0.3, 0.4) is 0 Å². The van der Waals surface area contributed by atoms with E-state index in [2.05, 4.69) is 5.10 Å². The molecule has 0 spiro atoms. The maximum absolute atomic E-state index is 11.0. The normalized spacial score (nSPS) is 10.7. The molecule has 0 bridgehead atoms. The fraction of sp³-hybridized carbons (Fsp3) is 0.250. The van der Waals surface area contributed by atoms with Crippen LogP contribution in [0.1, 0.15) is 17.0 Å². The lowest BCUT2D eigenvalue weighted by Gasteiger charge is -2.09. The summed E-state index contributed by atoms with van der Waals surface area (Å²) < 4.78 is 1.37. The fourth-order valence-electron chi connectivity index (χ4n) is 2.16. The second-order valence-electron chi connectivity index (χ2n) is 4.49. The highest BCUT2D eigenvalue weighted by atomic mass is 35.5. The van der Waals surface area contributed by atoms with Crippen LogP contribution in [0.25, 0.3) is 5.69 Å². The van der Waals surface area contributed by atoms with Crippen LogP contribution in [0.5, 0.6) is 0 Å². The van der Waals surface area contributed by atoms with Gasteiger partial charge in [-0.3, -0.25) is 20.2 Å². The zero-order chi connectivity index (χ0) is 15.9. The minimum atomic E-state index is -0.581. The summed E-state index contributed by atoms with van der Waals surface area (Å²) in [6.45, 7) is 4.70. The minimum Gasteiger partial charge on any atom is -0.258 e. The Labute approximate surface area is 124 Å². The highest BCUT2D eigenvalue weighted by Crippen LogP contribution is 2.33. The van der Waals surface area contributed by atoms with E-state index in [1.807, 2.05) is 0 Å². The monoisotopic (exact) mass is 310 g/mol. The molecule has 0 fully saturated rings. The van der Waals surface area contributed by atoms with E-state index >= 15 is 0 Å². The molecule has 110 valence electrons. The molecule has 0 N–H and O–H groups in total. The molecule has 21 heavy (non-hydrogen) atoms. The van der Waals surface area contributed by atoms with Crippen molar-refractivity contribution in [2.75, 3.05) is 0 Å². The number of nitro groups is 2. The summed E-state index contributed by atoms with van der Waals surface area (Å²) in [6.07, 6.45) is 0. The van der Waals surface area contributed by atoms with E-state index < -0.39 is 9.85 Å². The van der Waals surface area contributed by atoms with Crippen LogP contribution in [0.15, 0.2) is 12.1 Å². The number of nitrogens with zero attached hydrogens (tertiary/aromatic N) is 4. The molecule has 0 radical (unpaired) electrons. The molecule has 0 aliphatic rings. The van der Waals surface area contributed by atoms with E-state index in [9.17, 15) is 20.2 Å². The summed E-state index contributed by atoms with van der Waals surface area (Å²) in [5.41, 5.74) is 1.22. The first-order valence-electron chi connectivity index (χ1n) is 5.90. The lowest BCUT2D eigenvalue weighted by molar-refractivity contribution is -0.386.